The fourth-order valence-electron chi connectivity index (χ4n) is 5.59. The lowest BCUT2D eigenvalue weighted by atomic mass is 10.0. The summed E-state index contributed by atoms with van der Waals surface area (Å²) in [5, 5.41) is 7.40. The van der Waals surface area contributed by atoms with Gasteiger partial charge >= 0.3 is 0 Å². The van der Waals surface area contributed by atoms with E-state index in [1.54, 1.807) is 0 Å². The van der Waals surface area contributed by atoms with Crippen LogP contribution in [0.15, 0.2) is 96.6 Å². The molecule has 4 aromatic carbocycles. The third kappa shape index (κ3) is 3.59. The average molecular weight is 491 g/mol. The fraction of sp³-hybridized carbons (Fsp3) is 0.125. The van der Waals surface area contributed by atoms with E-state index in [2.05, 4.69) is 108 Å². The molecule has 5 aromatic rings. The number of aldehydes is 1. The molecule has 0 saturated heterocycles. The molecule has 0 fully saturated rings. The van der Waals surface area contributed by atoms with E-state index in [0.29, 0.717) is 5.57 Å². The molecule has 0 atom stereocenters. The van der Waals surface area contributed by atoms with Crippen molar-refractivity contribution in [3.8, 4) is 0 Å². The second kappa shape index (κ2) is 9.60. The van der Waals surface area contributed by atoms with Gasteiger partial charge in [-0.25, -0.2) is 0 Å². The molecule has 0 spiro atoms. The van der Waals surface area contributed by atoms with Gasteiger partial charge in [-0.1, -0.05) is 54.6 Å². The lowest BCUT2D eigenvalue weighted by molar-refractivity contribution is -0.430. The second-order valence-corrected chi connectivity index (χ2v) is 8.91. The first-order valence-corrected chi connectivity index (χ1v) is 12.3. The summed E-state index contributed by atoms with van der Waals surface area (Å²) in [6.07, 6.45) is 8.97. The van der Waals surface area contributed by atoms with E-state index >= 15 is 0 Å². The molecule has 0 radical (unpaired) electrons. The summed E-state index contributed by atoms with van der Waals surface area (Å²) >= 11 is 0. The molecule has 0 amide bonds. The molecule has 36 heavy (non-hydrogen) atoms. The first-order chi connectivity index (χ1) is 17.2. The predicted octanol–water partition coefficient (Wildman–Crippen LogP) is 3.32. The van der Waals surface area contributed by atoms with Crippen LogP contribution in [-0.4, -0.2) is 27.7 Å². The quantitative estimate of drug-likeness (QED) is 0.155. The number of aryl methyl sites for hydroxylation is 1. The van der Waals surface area contributed by atoms with Gasteiger partial charge in [-0.3, -0.25) is 4.79 Å². The van der Waals surface area contributed by atoms with E-state index in [9.17, 15) is 4.79 Å². The molecule has 6 rings (SSSR count). The molecule has 2 heterocycles. The van der Waals surface area contributed by atoms with Gasteiger partial charge < -0.3 is 17.0 Å². The Balaban J connectivity index is 0.00000267. The summed E-state index contributed by atoms with van der Waals surface area (Å²) in [4.78, 5) is 12.0. The zero-order valence-corrected chi connectivity index (χ0v) is 21.2. The molecule has 0 bridgehead atoms. The Labute approximate surface area is 216 Å². The molecule has 0 unspecified atom stereocenters. The second-order valence-electron chi connectivity index (χ2n) is 8.91. The average Bonchev–Trinajstić information content (AvgIpc) is 3.39. The molecule has 1 aromatic heterocycles. The van der Waals surface area contributed by atoms with Crippen LogP contribution in [0.2, 0.25) is 0 Å². The Morgan fingerprint density at radius 1 is 0.889 bits per heavy atom. The number of nitrogens with zero attached hydrogens (tertiary/aromatic N) is 2. The smallest absolute Gasteiger partial charge is 0.214 e. The number of carbonyl (C=O) groups is 1. The Morgan fingerprint density at radius 2 is 1.58 bits per heavy atom. The Bertz CT molecular complexity index is 1780. The van der Waals surface area contributed by atoms with Crippen molar-refractivity contribution in [2.45, 2.75) is 20.4 Å². The molecule has 4 heteroatoms. The highest BCUT2D eigenvalue weighted by atomic mass is 35.5. The molecule has 3 nitrogen and oxygen atoms in total. The Hall–Kier alpha value is -3.95. The molecule has 0 saturated carbocycles. The largest absolute Gasteiger partial charge is 1.00 e. The van der Waals surface area contributed by atoms with Gasteiger partial charge in [-0.2, -0.15) is 4.58 Å². The fourth-order valence-corrected chi connectivity index (χ4v) is 5.59. The number of benzene rings is 4. The predicted molar refractivity (Wildman–Crippen MR) is 147 cm³/mol. The number of rotatable bonds is 6. The maximum atomic E-state index is 12.0. The van der Waals surface area contributed by atoms with E-state index in [4.69, 9.17) is 0 Å². The summed E-state index contributed by atoms with van der Waals surface area (Å²) in [7, 11) is 0. The van der Waals surface area contributed by atoms with Gasteiger partial charge in [0.2, 0.25) is 11.4 Å². The van der Waals surface area contributed by atoms with Gasteiger partial charge in [0, 0.05) is 45.9 Å². The normalized spacial score (nSPS) is 14.1. The summed E-state index contributed by atoms with van der Waals surface area (Å²) in [5.74, 6) is 0. The van der Waals surface area contributed by atoms with Gasteiger partial charge in [-0.15, -0.1) is 0 Å². The van der Waals surface area contributed by atoms with E-state index in [0.717, 1.165) is 30.4 Å². The van der Waals surface area contributed by atoms with Crippen LogP contribution in [0.25, 0.3) is 38.5 Å². The lowest BCUT2D eigenvalue weighted by Gasteiger charge is -2.01. The van der Waals surface area contributed by atoms with Crippen LogP contribution in [0.5, 0.6) is 0 Å². The van der Waals surface area contributed by atoms with Crippen molar-refractivity contribution in [2.75, 3.05) is 6.54 Å². The number of hydrogen-bond donors (Lipinski definition) is 0. The number of halogens is 1. The topological polar surface area (TPSA) is 25.0 Å². The number of hydrogen-bond acceptors (Lipinski definition) is 1. The van der Waals surface area contributed by atoms with Crippen LogP contribution < -0.4 is 17.8 Å². The molecule has 1 aliphatic rings. The highest BCUT2D eigenvalue weighted by Gasteiger charge is 2.28. The lowest BCUT2D eigenvalue weighted by Crippen LogP contribution is -3.00. The maximum Gasteiger partial charge on any atom is 0.214 e. The van der Waals surface area contributed by atoms with Crippen LogP contribution in [0, 0.1) is 0 Å². The molecular formula is C32H27ClN2O. The third-order valence-electron chi connectivity index (χ3n) is 7.12. The summed E-state index contributed by atoms with van der Waals surface area (Å²) in [5.41, 5.74) is 5.45. The molecule has 0 aliphatic carbocycles. The molecule has 0 N–H and O–H groups in total. The van der Waals surface area contributed by atoms with E-state index in [1.807, 2.05) is 12.2 Å². The minimum atomic E-state index is 0. The first kappa shape index (κ1) is 23.8. The monoisotopic (exact) mass is 490 g/mol. The third-order valence-corrected chi connectivity index (χ3v) is 7.12. The van der Waals surface area contributed by atoms with E-state index in [-0.39, 0.29) is 12.4 Å². The first-order valence-electron chi connectivity index (χ1n) is 12.3. The van der Waals surface area contributed by atoms with Gasteiger partial charge in [0.15, 0.2) is 0 Å². The Kier molecular flexibility index (Phi) is 6.34. The van der Waals surface area contributed by atoms with Gasteiger partial charge in [0.1, 0.15) is 12.8 Å². The van der Waals surface area contributed by atoms with Crippen LogP contribution in [0.1, 0.15) is 19.4 Å². The van der Waals surface area contributed by atoms with Crippen LogP contribution in [-0.2, 0) is 11.3 Å². The molecule has 1 aliphatic heterocycles. The van der Waals surface area contributed by atoms with Gasteiger partial charge in [0.05, 0.1) is 10.9 Å². The van der Waals surface area contributed by atoms with Crippen LogP contribution >= 0.6 is 0 Å². The highest BCUT2D eigenvalue weighted by Crippen LogP contribution is 2.35. The van der Waals surface area contributed by atoms with Crippen molar-refractivity contribution >= 4 is 56.2 Å². The van der Waals surface area contributed by atoms with Crippen molar-refractivity contribution in [1.82, 2.24) is 4.57 Å². The van der Waals surface area contributed by atoms with Crippen molar-refractivity contribution in [2.24, 2.45) is 0 Å². The van der Waals surface area contributed by atoms with Crippen LogP contribution in [0.3, 0.4) is 0 Å². The summed E-state index contributed by atoms with van der Waals surface area (Å²) in [6, 6.07) is 25.8. The van der Waals surface area contributed by atoms with E-state index < -0.39 is 0 Å². The van der Waals surface area contributed by atoms with Crippen molar-refractivity contribution in [1.29, 1.82) is 0 Å². The maximum absolute atomic E-state index is 12.0. The van der Waals surface area contributed by atoms with E-state index in [1.165, 1.54) is 43.7 Å². The van der Waals surface area contributed by atoms with Gasteiger partial charge in [-0.05, 0) is 55.0 Å². The molecule has 178 valence electrons. The van der Waals surface area contributed by atoms with Crippen molar-refractivity contribution < 1.29 is 21.8 Å². The minimum Gasteiger partial charge on any atom is -1.00 e. The summed E-state index contributed by atoms with van der Waals surface area (Å²) in [6.45, 7) is 6.06. The number of allylic oxidation sites excluding steroid dienone is 4. The zero-order chi connectivity index (χ0) is 23.9. The van der Waals surface area contributed by atoms with Crippen molar-refractivity contribution in [3.05, 3.63) is 108 Å². The number of aromatic nitrogens is 1. The van der Waals surface area contributed by atoms with Gasteiger partial charge in [0.25, 0.3) is 0 Å². The zero-order valence-electron chi connectivity index (χ0n) is 20.4. The molecular weight excluding hydrogens is 464 g/mol. The standard InChI is InChI=1S/C32H27N2O.ClH/c1-3-33-27(25-13-5-9-23-11-7-15-29(33)31(23)25)19-17-22(21-35)18-20-28-26-14-6-10-24-12-8-16-30(32(24)26)34(28)4-2;/h5-21H,3-4H2,1-2H3;1H/q+1;/p-1. The highest BCUT2D eigenvalue weighted by molar-refractivity contribution is 6.20. The minimum absolute atomic E-state index is 0. The van der Waals surface area contributed by atoms with Crippen LogP contribution in [0.4, 0.5) is 5.69 Å². The Morgan fingerprint density at radius 3 is 2.31 bits per heavy atom. The number of carbonyl (C=O) groups excluding carboxylic acids is 1. The SMILES string of the molecule is CCn1/c(=C/C=C(C=O)/C=C/C2=[N+](CC)c3cccc4cccc2c34)c2cccc3cccc1c32.[Cl-]. The van der Waals surface area contributed by atoms with Crippen molar-refractivity contribution in [3.63, 3.8) is 0 Å². The summed E-state index contributed by atoms with van der Waals surface area (Å²) < 4.78 is 4.64.